The van der Waals surface area contributed by atoms with Crippen molar-refractivity contribution in [3.05, 3.63) is 48.5 Å². The normalized spacial score (nSPS) is 14.0. The largest absolute Gasteiger partial charge is 0.497 e. The molecule has 3 rings (SSSR count). The van der Waals surface area contributed by atoms with Gasteiger partial charge in [0.25, 0.3) is 5.91 Å². The van der Waals surface area contributed by atoms with E-state index < -0.39 is 0 Å². The van der Waals surface area contributed by atoms with Crippen molar-refractivity contribution in [2.24, 2.45) is 0 Å². The molecule has 0 fully saturated rings. The number of hydrogen-bond donors (Lipinski definition) is 0. The number of ether oxygens (including phenoxy) is 1. The zero-order valence-corrected chi connectivity index (χ0v) is 15.3. The molecule has 0 saturated heterocycles. The Morgan fingerprint density at radius 2 is 2.10 bits per heavy atom. The maximum absolute atomic E-state index is 12.6. The van der Waals surface area contributed by atoms with E-state index in [-0.39, 0.29) is 5.91 Å². The van der Waals surface area contributed by atoms with Crippen LogP contribution in [-0.4, -0.2) is 24.5 Å². The second-order valence-corrected chi connectivity index (χ2v) is 8.07. The quantitative estimate of drug-likeness (QED) is 0.702. The minimum atomic E-state index is 0.0832. The van der Waals surface area contributed by atoms with Crippen molar-refractivity contribution in [1.82, 2.24) is 4.90 Å². The van der Waals surface area contributed by atoms with Gasteiger partial charge in [-0.2, -0.15) is 0 Å². The summed E-state index contributed by atoms with van der Waals surface area (Å²) in [6, 6.07) is 7.96. The Balaban J connectivity index is 1.83. The van der Waals surface area contributed by atoms with Gasteiger partial charge in [-0.25, -0.2) is 0 Å². The predicted octanol–water partition coefficient (Wildman–Crippen LogP) is 4.48. The van der Waals surface area contributed by atoms with Gasteiger partial charge in [0, 0.05) is 17.6 Å². The highest BCUT2D eigenvalue weighted by atomic mass is 79.9. The number of rotatable bonds is 2. The minimum absolute atomic E-state index is 0.0832. The third-order valence-electron chi connectivity index (χ3n) is 3.57. The highest BCUT2D eigenvalue weighted by Gasteiger charge is 2.24. The molecule has 6 heteroatoms. The molecular formula is C15H13Br2NO2S. The molecule has 2 aromatic rings. The molecule has 0 atom stereocenters. The lowest BCUT2D eigenvalue weighted by Gasteiger charge is -2.28. The van der Waals surface area contributed by atoms with E-state index in [2.05, 4.69) is 37.9 Å². The zero-order chi connectivity index (χ0) is 15.0. The standard InChI is InChI=1S/C15H13Br2NO2S/c1-20-11-3-2-9-4-5-18(8-10(9)6-11)15(19)13-7-12(16)14(17)21-13/h2-3,6-7H,4-5,8H2,1H3. The first-order valence-electron chi connectivity index (χ1n) is 6.48. The fraction of sp³-hybridized carbons (Fsp3) is 0.267. The monoisotopic (exact) mass is 429 g/mol. The number of amides is 1. The summed E-state index contributed by atoms with van der Waals surface area (Å²) < 4.78 is 7.14. The summed E-state index contributed by atoms with van der Waals surface area (Å²) >= 11 is 8.33. The van der Waals surface area contributed by atoms with Crippen molar-refractivity contribution in [3.63, 3.8) is 0 Å². The number of nitrogens with zero attached hydrogens (tertiary/aromatic N) is 1. The van der Waals surface area contributed by atoms with Gasteiger partial charge in [-0.1, -0.05) is 6.07 Å². The molecule has 1 aliphatic heterocycles. The van der Waals surface area contributed by atoms with Crippen LogP contribution in [0.1, 0.15) is 20.8 Å². The first kappa shape index (κ1) is 15.1. The second-order valence-electron chi connectivity index (χ2n) is 4.84. The fourth-order valence-electron chi connectivity index (χ4n) is 2.44. The summed E-state index contributed by atoms with van der Waals surface area (Å²) in [6.07, 6.45) is 0.888. The van der Waals surface area contributed by atoms with E-state index >= 15 is 0 Å². The van der Waals surface area contributed by atoms with E-state index in [1.807, 2.05) is 23.1 Å². The molecule has 0 aliphatic carbocycles. The molecule has 0 N–H and O–H groups in total. The Morgan fingerprint density at radius 3 is 2.76 bits per heavy atom. The van der Waals surface area contributed by atoms with Crippen LogP contribution in [-0.2, 0) is 13.0 Å². The highest BCUT2D eigenvalue weighted by Crippen LogP contribution is 2.34. The number of thiophene rings is 1. The van der Waals surface area contributed by atoms with Crippen molar-refractivity contribution in [3.8, 4) is 5.75 Å². The molecule has 1 aromatic heterocycles. The Labute approximate surface area is 144 Å². The first-order chi connectivity index (χ1) is 10.1. The molecule has 0 spiro atoms. The summed E-state index contributed by atoms with van der Waals surface area (Å²) in [5, 5.41) is 0. The van der Waals surface area contributed by atoms with Crippen LogP contribution in [0.2, 0.25) is 0 Å². The van der Waals surface area contributed by atoms with Crippen molar-refractivity contribution in [1.29, 1.82) is 0 Å². The number of halogens is 2. The maximum Gasteiger partial charge on any atom is 0.264 e. The van der Waals surface area contributed by atoms with Gasteiger partial charge in [-0.15, -0.1) is 11.3 Å². The molecule has 1 aromatic carbocycles. The SMILES string of the molecule is COc1ccc2c(c1)CN(C(=O)c1cc(Br)c(Br)s1)CC2. The maximum atomic E-state index is 12.6. The van der Waals surface area contributed by atoms with E-state index in [4.69, 9.17) is 4.74 Å². The number of fused-ring (bicyclic) bond motifs is 1. The van der Waals surface area contributed by atoms with Crippen LogP contribution in [0, 0.1) is 0 Å². The third-order valence-corrected chi connectivity index (χ3v) is 6.81. The second kappa shape index (κ2) is 6.10. The first-order valence-corrected chi connectivity index (χ1v) is 8.88. The van der Waals surface area contributed by atoms with Crippen LogP contribution in [0.5, 0.6) is 5.75 Å². The average molecular weight is 431 g/mol. The molecule has 110 valence electrons. The van der Waals surface area contributed by atoms with E-state index in [1.54, 1.807) is 7.11 Å². The molecule has 3 nitrogen and oxygen atoms in total. The van der Waals surface area contributed by atoms with Gasteiger partial charge in [-0.3, -0.25) is 4.79 Å². The van der Waals surface area contributed by atoms with Crippen LogP contribution in [0.3, 0.4) is 0 Å². The summed E-state index contributed by atoms with van der Waals surface area (Å²) in [5.74, 6) is 0.921. The number of hydrogen-bond acceptors (Lipinski definition) is 3. The Hall–Kier alpha value is -0.850. The van der Waals surface area contributed by atoms with Gasteiger partial charge in [0.1, 0.15) is 5.75 Å². The van der Waals surface area contributed by atoms with Gasteiger partial charge < -0.3 is 9.64 Å². The van der Waals surface area contributed by atoms with Crippen molar-refractivity contribution < 1.29 is 9.53 Å². The molecule has 2 heterocycles. The lowest BCUT2D eigenvalue weighted by molar-refractivity contribution is 0.0739. The number of methoxy groups -OCH3 is 1. The van der Waals surface area contributed by atoms with Gasteiger partial charge in [0.2, 0.25) is 0 Å². The highest BCUT2D eigenvalue weighted by molar-refractivity contribution is 9.13. The number of carbonyl (C=O) groups is 1. The molecule has 1 aliphatic rings. The predicted molar refractivity (Wildman–Crippen MR) is 91.2 cm³/mol. The summed E-state index contributed by atoms with van der Waals surface area (Å²) in [6.45, 7) is 1.39. The van der Waals surface area contributed by atoms with Crippen LogP contribution in [0.4, 0.5) is 0 Å². The Kier molecular flexibility index (Phi) is 4.38. The van der Waals surface area contributed by atoms with Crippen molar-refractivity contribution >= 4 is 49.1 Å². The smallest absolute Gasteiger partial charge is 0.264 e. The molecule has 0 saturated carbocycles. The lowest BCUT2D eigenvalue weighted by Crippen LogP contribution is -2.35. The molecule has 21 heavy (non-hydrogen) atoms. The zero-order valence-electron chi connectivity index (χ0n) is 11.4. The molecular weight excluding hydrogens is 418 g/mol. The fourth-order valence-corrected chi connectivity index (χ4v) is 4.45. The van der Waals surface area contributed by atoms with E-state index in [0.717, 1.165) is 31.9 Å². The molecule has 0 bridgehead atoms. The van der Waals surface area contributed by atoms with E-state index in [1.165, 1.54) is 22.5 Å². The number of benzene rings is 1. The van der Waals surface area contributed by atoms with Gasteiger partial charge in [0.05, 0.1) is 15.8 Å². The van der Waals surface area contributed by atoms with Gasteiger partial charge in [0.15, 0.2) is 0 Å². The van der Waals surface area contributed by atoms with E-state index in [0.29, 0.717) is 6.54 Å². The van der Waals surface area contributed by atoms with E-state index in [9.17, 15) is 4.79 Å². The van der Waals surface area contributed by atoms with Crippen LogP contribution >= 0.6 is 43.2 Å². The summed E-state index contributed by atoms with van der Waals surface area (Å²) in [4.78, 5) is 15.2. The molecule has 1 amide bonds. The van der Waals surface area contributed by atoms with Crippen LogP contribution in [0.15, 0.2) is 32.5 Å². The van der Waals surface area contributed by atoms with Crippen molar-refractivity contribution in [2.45, 2.75) is 13.0 Å². The average Bonchev–Trinajstić information content (AvgIpc) is 2.84. The Morgan fingerprint density at radius 1 is 1.29 bits per heavy atom. The van der Waals surface area contributed by atoms with Crippen LogP contribution < -0.4 is 4.74 Å². The summed E-state index contributed by atoms with van der Waals surface area (Å²) in [5.41, 5.74) is 2.47. The van der Waals surface area contributed by atoms with Crippen LogP contribution in [0.25, 0.3) is 0 Å². The summed E-state index contributed by atoms with van der Waals surface area (Å²) in [7, 11) is 1.66. The topological polar surface area (TPSA) is 29.5 Å². The van der Waals surface area contributed by atoms with Gasteiger partial charge >= 0.3 is 0 Å². The van der Waals surface area contributed by atoms with Gasteiger partial charge in [-0.05, 0) is 67.6 Å². The minimum Gasteiger partial charge on any atom is -0.497 e. The molecule has 0 unspecified atom stereocenters. The third kappa shape index (κ3) is 3.03. The van der Waals surface area contributed by atoms with Crippen molar-refractivity contribution in [2.75, 3.05) is 13.7 Å². The Bertz CT molecular complexity index is 679. The lowest BCUT2D eigenvalue weighted by atomic mass is 9.99. The number of carbonyl (C=O) groups excluding carboxylic acids is 1. The molecule has 0 radical (unpaired) electrons.